The number of carbonyl (C=O) groups excluding carboxylic acids is 1. The lowest BCUT2D eigenvalue weighted by atomic mass is 10.1. The Balaban J connectivity index is 1.75. The van der Waals surface area contributed by atoms with Gasteiger partial charge < -0.3 is 4.74 Å². The van der Waals surface area contributed by atoms with Gasteiger partial charge in [0.15, 0.2) is 0 Å². The van der Waals surface area contributed by atoms with Crippen LogP contribution in [0.2, 0.25) is 0 Å². The minimum atomic E-state index is -0.0441. The number of carbonyl (C=O) groups is 1. The first-order valence-electron chi connectivity index (χ1n) is 6.51. The van der Waals surface area contributed by atoms with Gasteiger partial charge in [0.05, 0.1) is 12.5 Å². The van der Waals surface area contributed by atoms with E-state index < -0.39 is 0 Å². The lowest BCUT2D eigenvalue weighted by molar-refractivity contribution is -0.148. The van der Waals surface area contributed by atoms with Crippen LogP contribution in [-0.4, -0.2) is 12.6 Å². The predicted molar refractivity (Wildman–Crippen MR) is 63.9 cm³/mol. The molecule has 2 heteroatoms. The molecule has 0 radical (unpaired) electrons. The van der Waals surface area contributed by atoms with Crippen LogP contribution in [0.3, 0.4) is 0 Å². The summed E-state index contributed by atoms with van der Waals surface area (Å²) in [6, 6.07) is 0. The average molecular weight is 222 g/mol. The van der Waals surface area contributed by atoms with E-state index in [1.165, 1.54) is 25.7 Å². The van der Waals surface area contributed by atoms with Crippen molar-refractivity contribution in [1.82, 2.24) is 0 Å². The normalized spacial score (nSPS) is 34.8. The van der Waals surface area contributed by atoms with Gasteiger partial charge in [0.25, 0.3) is 0 Å². The van der Waals surface area contributed by atoms with Crippen LogP contribution in [0.15, 0.2) is 12.2 Å². The van der Waals surface area contributed by atoms with Crippen LogP contribution in [0.25, 0.3) is 0 Å². The summed E-state index contributed by atoms with van der Waals surface area (Å²) in [5.41, 5.74) is 0. The van der Waals surface area contributed by atoms with Crippen molar-refractivity contribution in [2.24, 2.45) is 23.7 Å². The Kier molecular flexibility index (Phi) is 3.67. The second-order valence-electron chi connectivity index (χ2n) is 5.40. The van der Waals surface area contributed by atoms with Gasteiger partial charge in [0, 0.05) is 0 Å². The van der Waals surface area contributed by atoms with E-state index in [0.29, 0.717) is 12.5 Å². The molecule has 2 aliphatic rings. The molecule has 0 bridgehead atoms. The fraction of sp³-hybridized carbons (Fsp3) is 0.786. The maximum absolute atomic E-state index is 11.4. The summed E-state index contributed by atoms with van der Waals surface area (Å²) in [5, 5.41) is 0. The van der Waals surface area contributed by atoms with Gasteiger partial charge in [-0.1, -0.05) is 26.0 Å². The fourth-order valence-corrected chi connectivity index (χ4v) is 2.79. The molecular weight excluding hydrogens is 200 g/mol. The summed E-state index contributed by atoms with van der Waals surface area (Å²) in [5.74, 6) is 2.27. The van der Waals surface area contributed by atoms with Gasteiger partial charge in [-0.2, -0.15) is 0 Å². The Morgan fingerprint density at radius 2 is 1.81 bits per heavy atom. The van der Waals surface area contributed by atoms with Crippen LogP contribution < -0.4 is 0 Å². The fourth-order valence-electron chi connectivity index (χ4n) is 2.79. The second-order valence-corrected chi connectivity index (χ2v) is 5.40. The number of fused-ring (bicyclic) bond motifs is 1. The zero-order chi connectivity index (χ0) is 11.5. The van der Waals surface area contributed by atoms with E-state index in [1.54, 1.807) is 0 Å². The molecule has 0 aromatic carbocycles. The Morgan fingerprint density at radius 1 is 1.25 bits per heavy atom. The number of allylic oxidation sites excluding steroid dienone is 2. The van der Waals surface area contributed by atoms with Gasteiger partial charge in [-0.15, -0.1) is 0 Å². The Bertz CT molecular complexity index is 264. The first kappa shape index (κ1) is 11.7. The van der Waals surface area contributed by atoms with Crippen LogP contribution >= 0.6 is 0 Å². The van der Waals surface area contributed by atoms with Gasteiger partial charge in [-0.3, -0.25) is 4.79 Å². The molecule has 90 valence electrons. The maximum Gasteiger partial charge on any atom is 0.308 e. The predicted octanol–water partition coefficient (Wildman–Crippen LogP) is 3.18. The standard InChI is InChI=1S/C14H22O2/c1-10(2)14(15)16-9-13-11-7-5-3-4-6-8-12(11)13/h3-4,10-13H,5-9H2,1-2H3/b4-3-. The van der Waals surface area contributed by atoms with E-state index in [9.17, 15) is 4.79 Å². The average Bonchev–Trinajstić information content (AvgIpc) is 2.84. The van der Waals surface area contributed by atoms with E-state index in [1.807, 2.05) is 13.8 Å². The van der Waals surface area contributed by atoms with Gasteiger partial charge >= 0.3 is 5.97 Å². The molecule has 2 rings (SSSR count). The Labute approximate surface area is 98.1 Å². The first-order chi connectivity index (χ1) is 7.70. The molecule has 2 nitrogen and oxygen atoms in total. The van der Waals surface area contributed by atoms with Crippen LogP contribution in [0.5, 0.6) is 0 Å². The van der Waals surface area contributed by atoms with Crippen LogP contribution in [0.4, 0.5) is 0 Å². The number of hydrogen-bond acceptors (Lipinski definition) is 2. The van der Waals surface area contributed by atoms with Gasteiger partial charge in [0.1, 0.15) is 0 Å². The van der Waals surface area contributed by atoms with E-state index in [0.717, 1.165) is 11.8 Å². The molecule has 16 heavy (non-hydrogen) atoms. The summed E-state index contributed by atoms with van der Waals surface area (Å²) in [6.45, 7) is 4.44. The molecule has 0 aromatic rings. The number of ether oxygens (including phenoxy) is 1. The SMILES string of the molecule is CC(C)C(=O)OCC1C2CC/C=C\CCC21. The smallest absolute Gasteiger partial charge is 0.308 e. The molecule has 2 unspecified atom stereocenters. The highest BCUT2D eigenvalue weighted by Gasteiger charge is 2.49. The van der Waals surface area contributed by atoms with E-state index in [-0.39, 0.29) is 11.9 Å². The minimum Gasteiger partial charge on any atom is -0.465 e. The molecule has 2 aliphatic carbocycles. The van der Waals surface area contributed by atoms with E-state index >= 15 is 0 Å². The zero-order valence-electron chi connectivity index (χ0n) is 10.3. The van der Waals surface area contributed by atoms with Crippen molar-refractivity contribution in [1.29, 1.82) is 0 Å². The third-order valence-electron chi connectivity index (χ3n) is 3.90. The van der Waals surface area contributed by atoms with Gasteiger partial charge in [-0.05, 0) is 43.4 Å². The molecule has 0 saturated heterocycles. The molecule has 0 aromatic heterocycles. The lowest BCUT2D eigenvalue weighted by Crippen LogP contribution is -2.14. The Hall–Kier alpha value is -0.790. The molecule has 1 fully saturated rings. The number of rotatable bonds is 3. The largest absolute Gasteiger partial charge is 0.465 e. The molecule has 1 saturated carbocycles. The molecule has 0 heterocycles. The van der Waals surface area contributed by atoms with Crippen molar-refractivity contribution in [3.63, 3.8) is 0 Å². The van der Waals surface area contributed by atoms with E-state index in [4.69, 9.17) is 4.74 Å². The van der Waals surface area contributed by atoms with Crippen molar-refractivity contribution >= 4 is 5.97 Å². The minimum absolute atomic E-state index is 0.00741. The third-order valence-corrected chi connectivity index (χ3v) is 3.90. The quantitative estimate of drug-likeness (QED) is 0.541. The molecule has 0 amide bonds. The lowest BCUT2D eigenvalue weighted by Gasteiger charge is -2.06. The molecule has 0 N–H and O–H groups in total. The van der Waals surface area contributed by atoms with E-state index in [2.05, 4.69) is 12.2 Å². The van der Waals surface area contributed by atoms with Gasteiger partial charge in [0.2, 0.25) is 0 Å². The van der Waals surface area contributed by atoms with Crippen molar-refractivity contribution in [3.05, 3.63) is 12.2 Å². The summed E-state index contributed by atoms with van der Waals surface area (Å²) in [6.07, 6.45) is 9.57. The highest BCUT2D eigenvalue weighted by Crippen LogP contribution is 2.52. The van der Waals surface area contributed by atoms with Crippen molar-refractivity contribution in [2.45, 2.75) is 39.5 Å². The summed E-state index contributed by atoms with van der Waals surface area (Å²) in [7, 11) is 0. The highest BCUT2D eigenvalue weighted by atomic mass is 16.5. The maximum atomic E-state index is 11.4. The monoisotopic (exact) mass is 222 g/mol. The highest BCUT2D eigenvalue weighted by molar-refractivity contribution is 5.71. The molecule has 0 spiro atoms. The van der Waals surface area contributed by atoms with Gasteiger partial charge in [-0.25, -0.2) is 0 Å². The van der Waals surface area contributed by atoms with Crippen molar-refractivity contribution in [2.75, 3.05) is 6.61 Å². The van der Waals surface area contributed by atoms with Crippen molar-refractivity contribution < 1.29 is 9.53 Å². The van der Waals surface area contributed by atoms with Crippen LogP contribution in [0, 0.1) is 23.7 Å². The Morgan fingerprint density at radius 3 is 2.31 bits per heavy atom. The summed E-state index contributed by atoms with van der Waals surface area (Å²) >= 11 is 0. The molecular formula is C14H22O2. The topological polar surface area (TPSA) is 26.3 Å². The first-order valence-corrected chi connectivity index (χ1v) is 6.51. The van der Waals surface area contributed by atoms with Crippen molar-refractivity contribution in [3.8, 4) is 0 Å². The number of esters is 1. The summed E-state index contributed by atoms with van der Waals surface area (Å²) in [4.78, 5) is 11.4. The summed E-state index contributed by atoms with van der Waals surface area (Å²) < 4.78 is 5.34. The third kappa shape index (κ3) is 2.66. The second kappa shape index (κ2) is 5.03. The molecule has 2 atom stereocenters. The van der Waals surface area contributed by atoms with Crippen LogP contribution in [-0.2, 0) is 9.53 Å². The molecule has 0 aliphatic heterocycles. The number of hydrogen-bond donors (Lipinski definition) is 0. The van der Waals surface area contributed by atoms with Crippen LogP contribution in [0.1, 0.15) is 39.5 Å². The zero-order valence-corrected chi connectivity index (χ0v) is 10.3.